The van der Waals surface area contributed by atoms with Gasteiger partial charge in [0, 0.05) is 19.5 Å². The Morgan fingerprint density at radius 1 is 1.11 bits per heavy atom. The van der Waals surface area contributed by atoms with Crippen LogP contribution in [0.3, 0.4) is 0 Å². The number of phenols is 1. The molecule has 2 rings (SSSR count). The predicted octanol–water partition coefficient (Wildman–Crippen LogP) is -2.01. The highest BCUT2D eigenvalue weighted by molar-refractivity contribution is 5.94. The topological polar surface area (TPSA) is 226 Å². The third kappa shape index (κ3) is 8.45. The van der Waals surface area contributed by atoms with E-state index in [2.05, 4.69) is 15.6 Å². The highest BCUT2D eigenvalue weighted by Crippen LogP contribution is 2.20. The van der Waals surface area contributed by atoms with Crippen LogP contribution in [0.15, 0.2) is 29.3 Å². The summed E-state index contributed by atoms with van der Waals surface area (Å²) in [7, 11) is 0. The average Bonchev–Trinajstić information content (AvgIpc) is 3.31. The number of carbonyl (C=O) groups is 4. The van der Waals surface area contributed by atoms with Crippen LogP contribution in [0.5, 0.6) is 5.75 Å². The molecule has 1 fully saturated rings. The van der Waals surface area contributed by atoms with Crippen LogP contribution >= 0.6 is 0 Å². The number of amides is 3. The minimum atomic E-state index is -1.23. The Morgan fingerprint density at radius 2 is 1.80 bits per heavy atom. The number of likely N-dealkylation sites (tertiary alicyclic amines) is 1. The second kappa shape index (κ2) is 13.1. The Bertz CT molecular complexity index is 933. The summed E-state index contributed by atoms with van der Waals surface area (Å²) in [6.07, 6.45) is 1.53. The number of phenolic OH excluding ortho intramolecular Hbond substituents is 1. The number of nitrogens with zero attached hydrogens (tertiary/aromatic N) is 2. The number of carboxylic acid groups (broad SMARTS) is 1. The molecule has 0 spiro atoms. The van der Waals surface area contributed by atoms with E-state index in [1.165, 1.54) is 17.0 Å². The standard InChI is InChI=1S/C22H33N7O6/c23-12-18(31)27-15(3-1-9-26-22(24)25)20(33)29-10-2-4-17(29)19(32)28-16(21(34)35)11-13-5-7-14(30)8-6-13/h5-8,15-17,30H,1-4,9-12,23H2,(H,27,31)(H,28,32)(H,34,35)(H4,24,25,26). The lowest BCUT2D eigenvalue weighted by Gasteiger charge is -2.29. The van der Waals surface area contributed by atoms with Gasteiger partial charge < -0.3 is 42.9 Å². The van der Waals surface area contributed by atoms with Gasteiger partial charge in [0.15, 0.2) is 5.96 Å². The van der Waals surface area contributed by atoms with Crippen LogP contribution in [-0.4, -0.2) is 82.5 Å². The SMILES string of the molecule is NCC(=O)NC(CCCN=C(N)N)C(=O)N1CCCC1C(=O)NC(Cc1ccc(O)cc1)C(=O)O. The molecule has 0 radical (unpaired) electrons. The minimum Gasteiger partial charge on any atom is -0.508 e. The monoisotopic (exact) mass is 491 g/mol. The molecule has 192 valence electrons. The number of nitrogens with one attached hydrogen (secondary N) is 2. The fourth-order valence-corrected chi connectivity index (χ4v) is 3.85. The molecule has 0 aromatic heterocycles. The molecule has 3 atom stereocenters. The summed E-state index contributed by atoms with van der Waals surface area (Å²) >= 11 is 0. The largest absolute Gasteiger partial charge is 0.508 e. The first-order chi connectivity index (χ1) is 16.6. The molecule has 35 heavy (non-hydrogen) atoms. The molecule has 1 saturated heterocycles. The van der Waals surface area contributed by atoms with E-state index >= 15 is 0 Å². The molecule has 0 bridgehead atoms. The van der Waals surface area contributed by atoms with Gasteiger partial charge >= 0.3 is 5.97 Å². The maximum Gasteiger partial charge on any atom is 0.326 e. The number of carbonyl (C=O) groups excluding carboxylic acids is 3. The van der Waals surface area contributed by atoms with Crippen molar-refractivity contribution in [1.82, 2.24) is 15.5 Å². The third-order valence-corrected chi connectivity index (χ3v) is 5.59. The van der Waals surface area contributed by atoms with Crippen molar-refractivity contribution < 1.29 is 29.4 Å². The normalized spacial score (nSPS) is 16.7. The summed E-state index contributed by atoms with van der Waals surface area (Å²) in [5, 5.41) is 24.1. The number of hydrogen-bond acceptors (Lipinski definition) is 7. The first kappa shape index (κ1) is 27.4. The molecule has 3 unspecified atom stereocenters. The molecule has 0 aliphatic carbocycles. The van der Waals surface area contributed by atoms with E-state index < -0.39 is 41.8 Å². The zero-order valence-corrected chi connectivity index (χ0v) is 19.4. The van der Waals surface area contributed by atoms with Gasteiger partial charge in [0.2, 0.25) is 17.7 Å². The first-order valence-electron chi connectivity index (χ1n) is 11.3. The van der Waals surface area contributed by atoms with Crippen LogP contribution in [0.1, 0.15) is 31.2 Å². The van der Waals surface area contributed by atoms with Gasteiger partial charge in [0.25, 0.3) is 0 Å². The number of aliphatic imine (C=N–C) groups is 1. The van der Waals surface area contributed by atoms with Gasteiger partial charge in [-0.1, -0.05) is 12.1 Å². The Balaban J connectivity index is 2.09. The zero-order chi connectivity index (χ0) is 26.0. The number of aromatic hydroxyl groups is 1. The zero-order valence-electron chi connectivity index (χ0n) is 19.4. The lowest BCUT2D eigenvalue weighted by atomic mass is 10.0. The lowest BCUT2D eigenvalue weighted by Crippen LogP contribution is -2.56. The number of nitrogens with two attached hydrogens (primary N) is 3. The van der Waals surface area contributed by atoms with Crippen molar-refractivity contribution in [2.24, 2.45) is 22.2 Å². The molecule has 13 nitrogen and oxygen atoms in total. The molecule has 10 N–H and O–H groups in total. The van der Waals surface area contributed by atoms with Crippen LogP contribution in [0, 0.1) is 0 Å². The van der Waals surface area contributed by atoms with Gasteiger partial charge in [-0.15, -0.1) is 0 Å². The summed E-state index contributed by atoms with van der Waals surface area (Å²) in [5.74, 6) is -2.85. The smallest absolute Gasteiger partial charge is 0.326 e. The summed E-state index contributed by atoms with van der Waals surface area (Å²) in [6, 6.07) is 2.95. The second-order valence-electron chi connectivity index (χ2n) is 8.23. The van der Waals surface area contributed by atoms with Crippen molar-refractivity contribution in [3.05, 3.63) is 29.8 Å². The fourth-order valence-electron chi connectivity index (χ4n) is 3.85. The predicted molar refractivity (Wildman–Crippen MR) is 127 cm³/mol. The number of rotatable bonds is 12. The van der Waals surface area contributed by atoms with Crippen molar-refractivity contribution >= 4 is 29.7 Å². The maximum atomic E-state index is 13.2. The second-order valence-corrected chi connectivity index (χ2v) is 8.23. The summed E-state index contributed by atoms with van der Waals surface area (Å²) < 4.78 is 0. The maximum absolute atomic E-state index is 13.2. The van der Waals surface area contributed by atoms with E-state index in [1.807, 2.05) is 0 Å². The molecule has 1 aliphatic rings. The molecule has 1 aliphatic heterocycles. The molecule has 3 amide bonds. The van der Waals surface area contributed by atoms with Crippen molar-refractivity contribution in [2.45, 2.75) is 50.2 Å². The summed E-state index contributed by atoms with van der Waals surface area (Å²) in [4.78, 5) is 55.1. The van der Waals surface area contributed by atoms with E-state index in [9.17, 15) is 29.4 Å². The van der Waals surface area contributed by atoms with Crippen LogP contribution in [0.4, 0.5) is 0 Å². The van der Waals surface area contributed by atoms with Crippen molar-refractivity contribution in [3.8, 4) is 5.75 Å². The van der Waals surface area contributed by atoms with E-state index in [4.69, 9.17) is 17.2 Å². The van der Waals surface area contributed by atoms with Gasteiger partial charge in [-0.25, -0.2) is 4.79 Å². The number of hydrogen-bond donors (Lipinski definition) is 7. The Kier molecular flexibility index (Phi) is 10.3. The average molecular weight is 492 g/mol. The van der Waals surface area contributed by atoms with Crippen molar-refractivity contribution in [3.63, 3.8) is 0 Å². The molecule has 1 aromatic rings. The fraction of sp³-hybridized carbons (Fsp3) is 0.500. The third-order valence-electron chi connectivity index (χ3n) is 5.59. The highest BCUT2D eigenvalue weighted by atomic mass is 16.4. The summed E-state index contributed by atoms with van der Waals surface area (Å²) in [6.45, 7) is 0.237. The number of guanidine groups is 1. The molecular formula is C22H33N7O6. The molecule has 13 heteroatoms. The van der Waals surface area contributed by atoms with E-state index in [-0.39, 0.29) is 44.2 Å². The number of aliphatic carboxylic acids is 1. The van der Waals surface area contributed by atoms with Crippen molar-refractivity contribution in [2.75, 3.05) is 19.6 Å². The number of carboxylic acids is 1. The molecule has 1 heterocycles. The van der Waals surface area contributed by atoms with E-state index in [0.29, 0.717) is 24.8 Å². The van der Waals surface area contributed by atoms with Crippen LogP contribution < -0.4 is 27.8 Å². The quantitative estimate of drug-likeness (QED) is 0.0972. The van der Waals surface area contributed by atoms with Gasteiger partial charge in [-0.3, -0.25) is 19.4 Å². The molecule has 1 aromatic carbocycles. The van der Waals surface area contributed by atoms with Crippen LogP contribution in [0.25, 0.3) is 0 Å². The van der Waals surface area contributed by atoms with E-state index in [1.54, 1.807) is 12.1 Å². The highest BCUT2D eigenvalue weighted by Gasteiger charge is 2.38. The summed E-state index contributed by atoms with van der Waals surface area (Å²) in [5.41, 5.74) is 16.6. The number of benzene rings is 1. The molecule has 0 saturated carbocycles. The van der Waals surface area contributed by atoms with E-state index in [0.717, 1.165) is 0 Å². The lowest BCUT2D eigenvalue weighted by molar-refractivity contribution is -0.144. The first-order valence-corrected chi connectivity index (χ1v) is 11.3. The Hall–Kier alpha value is -3.87. The van der Waals surface area contributed by atoms with Crippen LogP contribution in [0.2, 0.25) is 0 Å². The Morgan fingerprint density at radius 3 is 2.40 bits per heavy atom. The van der Waals surface area contributed by atoms with Crippen molar-refractivity contribution in [1.29, 1.82) is 0 Å². The minimum absolute atomic E-state index is 0.00198. The van der Waals surface area contributed by atoms with Crippen LogP contribution in [-0.2, 0) is 25.6 Å². The Labute approximate surface area is 202 Å². The molecular weight excluding hydrogens is 458 g/mol. The van der Waals surface area contributed by atoms with Gasteiger partial charge in [-0.05, 0) is 43.4 Å². The van der Waals surface area contributed by atoms with Gasteiger partial charge in [0.05, 0.1) is 6.54 Å². The van der Waals surface area contributed by atoms with Gasteiger partial charge in [0.1, 0.15) is 23.9 Å². The van der Waals surface area contributed by atoms with Gasteiger partial charge in [-0.2, -0.15) is 0 Å².